The van der Waals surface area contributed by atoms with E-state index in [-0.39, 0.29) is 5.41 Å². The van der Waals surface area contributed by atoms with E-state index in [1.165, 1.54) is 54.4 Å². The molecule has 0 bridgehead atoms. The molecule has 3 aliphatic heterocycles. The molecule has 7 aromatic carbocycles. The number of furan rings is 1. The third-order valence-corrected chi connectivity index (χ3v) is 17.2. The Morgan fingerprint density at radius 2 is 1.20 bits per heavy atom. The van der Waals surface area contributed by atoms with Gasteiger partial charge in [-0.15, -0.1) is 23.5 Å². The molecule has 2 aliphatic carbocycles. The van der Waals surface area contributed by atoms with E-state index in [4.69, 9.17) is 4.42 Å². The second-order valence-electron chi connectivity index (χ2n) is 17.5. The van der Waals surface area contributed by atoms with Gasteiger partial charge < -0.3 is 14.2 Å². The first-order valence-corrected chi connectivity index (χ1v) is 23.0. The van der Waals surface area contributed by atoms with Crippen molar-refractivity contribution < 1.29 is 4.42 Å². The molecule has 0 N–H and O–H groups in total. The number of anilines is 4. The van der Waals surface area contributed by atoms with Crippen LogP contribution in [-0.2, 0) is 5.41 Å². The molecular weight excluding hydrogens is 769 g/mol. The monoisotopic (exact) mass is 810 g/mol. The zero-order valence-corrected chi connectivity index (χ0v) is 35.1. The van der Waals surface area contributed by atoms with Crippen LogP contribution in [-0.4, -0.2) is 10.5 Å². The lowest BCUT2D eigenvalue weighted by molar-refractivity contribution is 0.415. The smallest absolute Gasteiger partial charge is 0.137 e. The van der Waals surface area contributed by atoms with Crippen molar-refractivity contribution in [3.63, 3.8) is 0 Å². The highest BCUT2D eigenvalue weighted by Gasteiger charge is 2.57. The van der Waals surface area contributed by atoms with Crippen molar-refractivity contribution in [2.75, 3.05) is 9.80 Å². The summed E-state index contributed by atoms with van der Waals surface area (Å²) in [5, 5.41) is 3.26. The zero-order valence-electron chi connectivity index (χ0n) is 33.5. The van der Waals surface area contributed by atoms with Gasteiger partial charge >= 0.3 is 0 Å². The summed E-state index contributed by atoms with van der Waals surface area (Å²) in [6, 6.07) is 61.4. The summed E-state index contributed by atoms with van der Waals surface area (Å²) in [5.74, 6) is 0.506. The second-order valence-corrected chi connectivity index (χ2v) is 20.0. The fourth-order valence-electron chi connectivity index (χ4n) is 11.3. The highest BCUT2D eigenvalue weighted by Crippen LogP contribution is 2.66. The van der Waals surface area contributed by atoms with Gasteiger partial charge in [-0.3, -0.25) is 0 Å². The molecule has 60 heavy (non-hydrogen) atoms. The van der Waals surface area contributed by atoms with Gasteiger partial charge in [-0.25, -0.2) is 0 Å². The highest BCUT2D eigenvalue weighted by molar-refractivity contribution is 8.04. The van der Waals surface area contributed by atoms with Gasteiger partial charge in [0.1, 0.15) is 11.2 Å². The largest absolute Gasteiger partial charge is 0.456 e. The second kappa shape index (κ2) is 13.1. The first kappa shape index (κ1) is 34.9. The van der Waals surface area contributed by atoms with Crippen LogP contribution >= 0.6 is 23.5 Å². The summed E-state index contributed by atoms with van der Waals surface area (Å²) >= 11 is 4.17. The summed E-state index contributed by atoms with van der Waals surface area (Å²) in [6.45, 7) is 4.82. The molecule has 0 amide bonds. The topological polar surface area (TPSA) is 19.6 Å². The van der Waals surface area contributed by atoms with Crippen LogP contribution in [0.2, 0.25) is 0 Å². The summed E-state index contributed by atoms with van der Waals surface area (Å²) in [4.78, 5) is 7.99. The van der Waals surface area contributed by atoms with Gasteiger partial charge in [-0.05, 0) is 123 Å². The van der Waals surface area contributed by atoms with Crippen molar-refractivity contribution >= 4 is 79.4 Å². The number of hydrogen-bond acceptors (Lipinski definition) is 5. The predicted octanol–water partition coefficient (Wildman–Crippen LogP) is 15.1. The summed E-state index contributed by atoms with van der Waals surface area (Å²) < 4.78 is 6.46. The molecular formula is C55H42N2OS2. The van der Waals surface area contributed by atoms with E-state index in [0.29, 0.717) is 28.5 Å². The first-order valence-electron chi connectivity index (χ1n) is 21.2. The van der Waals surface area contributed by atoms with Gasteiger partial charge in [0.05, 0.1) is 12.1 Å². The van der Waals surface area contributed by atoms with Crippen molar-refractivity contribution in [3.05, 3.63) is 204 Å². The van der Waals surface area contributed by atoms with Crippen LogP contribution in [0.5, 0.6) is 0 Å². The molecule has 0 spiro atoms. The Kier molecular flexibility index (Phi) is 7.60. The van der Waals surface area contributed by atoms with Crippen LogP contribution in [0, 0.1) is 5.92 Å². The van der Waals surface area contributed by atoms with Crippen LogP contribution in [0.4, 0.5) is 22.7 Å². The van der Waals surface area contributed by atoms with Crippen molar-refractivity contribution in [1.29, 1.82) is 0 Å². The van der Waals surface area contributed by atoms with E-state index < -0.39 is 0 Å². The van der Waals surface area contributed by atoms with Gasteiger partial charge in [-0.2, -0.15) is 0 Å². The lowest BCUT2D eigenvalue weighted by atomic mass is 9.73. The van der Waals surface area contributed by atoms with Crippen molar-refractivity contribution in [2.45, 2.75) is 58.1 Å². The Bertz CT molecular complexity index is 3040. The van der Waals surface area contributed by atoms with Gasteiger partial charge in [0, 0.05) is 59.9 Å². The number of allylic oxidation sites excluding steroid dienone is 4. The molecule has 5 aliphatic rings. The lowest BCUT2D eigenvalue weighted by Crippen LogP contribution is -2.27. The van der Waals surface area contributed by atoms with Crippen LogP contribution in [0.15, 0.2) is 190 Å². The fraction of sp³-hybridized carbons (Fsp3) is 0.164. The van der Waals surface area contributed by atoms with Crippen LogP contribution < -0.4 is 9.80 Å². The number of hydrogen-bond donors (Lipinski definition) is 0. The number of fused-ring (bicyclic) bond motifs is 13. The van der Waals surface area contributed by atoms with Gasteiger partial charge in [-0.1, -0.05) is 117 Å². The third-order valence-electron chi connectivity index (χ3n) is 14.1. The molecule has 1 aromatic heterocycles. The zero-order chi connectivity index (χ0) is 39.7. The van der Waals surface area contributed by atoms with E-state index >= 15 is 0 Å². The molecule has 4 heterocycles. The van der Waals surface area contributed by atoms with Crippen LogP contribution in [0.1, 0.15) is 60.2 Å². The van der Waals surface area contributed by atoms with E-state index in [1.54, 1.807) is 0 Å². The maximum Gasteiger partial charge on any atom is 0.137 e. The van der Waals surface area contributed by atoms with Crippen LogP contribution in [0.25, 0.3) is 33.1 Å². The summed E-state index contributed by atoms with van der Waals surface area (Å²) in [6.07, 6.45) is 5.97. The van der Waals surface area contributed by atoms with Crippen molar-refractivity contribution in [1.82, 2.24) is 0 Å². The molecule has 5 heteroatoms. The summed E-state index contributed by atoms with van der Waals surface area (Å²) in [5.41, 5.74) is 16.3. The average Bonchev–Trinajstić information content (AvgIpc) is 4.08. The molecule has 13 rings (SSSR count). The van der Waals surface area contributed by atoms with E-state index in [9.17, 15) is 0 Å². The molecule has 3 nitrogen and oxygen atoms in total. The molecule has 8 aromatic rings. The molecule has 290 valence electrons. The Balaban J connectivity index is 0.897. The predicted molar refractivity (Wildman–Crippen MR) is 252 cm³/mol. The van der Waals surface area contributed by atoms with Gasteiger partial charge in [0.25, 0.3) is 0 Å². The number of benzene rings is 7. The molecule has 0 radical (unpaired) electrons. The Morgan fingerprint density at radius 3 is 1.93 bits per heavy atom. The fourth-order valence-corrected chi connectivity index (χ4v) is 14.5. The normalized spacial score (nSPS) is 22.8. The number of para-hydroxylation sites is 1. The minimum atomic E-state index is 0.130. The number of thioether (sulfide) groups is 2. The van der Waals surface area contributed by atoms with Crippen molar-refractivity contribution in [2.24, 2.45) is 5.92 Å². The molecule has 5 atom stereocenters. The number of nitrogens with zero attached hydrogens (tertiary/aromatic N) is 2. The van der Waals surface area contributed by atoms with E-state index in [2.05, 4.69) is 217 Å². The van der Waals surface area contributed by atoms with Crippen molar-refractivity contribution in [3.8, 4) is 0 Å². The maximum absolute atomic E-state index is 6.46. The third kappa shape index (κ3) is 5.06. The SMILES string of the molecule is CC1(C)c2ccccc2C2=CC(c3ccc(N(c4ccc(N5C6c7ccccc7SC6C6Sc7ccccc7C65)cc4)c4ccc5c(c4)oc4ccccc45)cc3)=CCC21. The van der Waals surface area contributed by atoms with Crippen LogP contribution in [0.3, 0.4) is 0 Å². The standard InChI is InChI=1S/C55H42N2OS2/c1-55(2)45-15-7-3-11-39(45)44-31-34(21-30-46(44)55)33-19-22-35(23-20-33)56(38-28-29-41-40-12-4-8-16-47(40)58-48(41)32-38)36-24-26-37(27-25-36)57-51-42-13-5-9-17-49(42)59-53(51)54-52(57)43-14-6-10-18-50(43)60-54/h3-29,31-32,46,51-54H,30H2,1-2H3. The molecule has 1 saturated heterocycles. The minimum Gasteiger partial charge on any atom is -0.456 e. The first-order chi connectivity index (χ1) is 29.5. The minimum absolute atomic E-state index is 0.130. The Labute approximate surface area is 359 Å². The highest BCUT2D eigenvalue weighted by atomic mass is 32.2. The summed E-state index contributed by atoms with van der Waals surface area (Å²) in [7, 11) is 0. The molecule has 0 saturated carbocycles. The van der Waals surface area contributed by atoms with Gasteiger partial charge in [0.15, 0.2) is 0 Å². The maximum atomic E-state index is 6.46. The van der Waals surface area contributed by atoms with Gasteiger partial charge in [0.2, 0.25) is 0 Å². The quantitative estimate of drug-likeness (QED) is 0.172. The number of rotatable bonds is 5. The molecule has 5 unspecified atom stereocenters. The van der Waals surface area contributed by atoms with E-state index in [1.807, 2.05) is 6.07 Å². The Morgan fingerprint density at radius 1 is 0.600 bits per heavy atom. The molecule has 1 fully saturated rings. The average molecular weight is 811 g/mol. The Hall–Kier alpha value is -5.88. The van der Waals surface area contributed by atoms with E-state index in [0.717, 1.165) is 45.4 Å². The lowest BCUT2D eigenvalue weighted by Gasteiger charge is -2.33.